The number of carbonyl (C=O) groups excluding carboxylic acids is 2. The first-order valence-corrected chi connectivity index (χ1v) is 5.96. The van der Waals surface area contributed by atoms with E-state index in [1.54, 1.807) is 12.3 Å². The molecule has 1 aliphatic rings. The number of pyridine rings is 1. The molecule has 1 saturated heterocycles. The van der Waals surface area contributed by atoms with Gasteiger partial charge in [0.25, 0.3) is 5.91 Å². The summed E-state index contributed by atoms with van der Waals surface area (Å²) in [6.45, 7) is 3.18. The second-order valence-electron chi connectivity index (χ2n) is 4.13. The zero-order valence-corrected chi connectivity index (χ0v) is 10.2. The van der Waals surface area contributed by atoms with Gasteiger partial charge in [0, 0.05) is 31.9 Å². The zero-order chi connectivity index (χ0) is 13.0. The van der Waals surface area contributed by atoms with Gasteiger partial charge in [-0.1, -0.05) is 0 Å². The second kappa shape index (κ2) is 5.48. The molecule has 0 bridgehead atoms. The van der Waals surface area contributed by atoms with Crippen LogP contribution in [-0.4, -0.2) is 35.9 Å². The van der Waals surface area contributed by atoms with Crippen LogP contribution in [0.4, 0.5) is 5.69 Å². The largest absolute Gasteiger partial charge is 0.385 e. The van der Waals surface area contributed by atoms with Crippen molar-refractivity contribution >= 4 is 17.5 Å². The Morgan fingerprint density at radius 1 is 1.61 bits per heavy atom. The van der Waals surface area contributed by atoms with E-state index in [2.05, 4.69) is 20.9 Å². The molecule has 6 heteroatoms. The summed E-state index contributed by atoms with van der Waals surface area (Å²) >= 11 is 0. The lowest BCUT2D eigenvalue weighted by Crippen LogP contribution is -2.36. The molecule has 0 radical (unpaired) electrons. The first-order chi connectivity index (χ1) is 8.70. The van der Waals surface area contributed by atoms with E-state index < -0.39 is 0 Å². The van der Waals surface area contributed by atoms with Gasteiger partial charge in [-0.3, -0.25) is 14.6 Å². The summed E-state index contributed by atoms with van der Waals surface area (Å²) in [4.78, 5) is 27.1. The van der Waals surface area contributed by atoms with Gasteiger partial charge in [-0.25, -0.2) is 0 Å². The van der Waals surface area contributed by atoms with Crippen LogP contribution >= 0.6 is 0 Å². The van der Waals surface area contributed by atoms with Crippen molar-refractivity contribution in [1.29, 1.82) is 0 Å². The average Bonchev–Trinajstić information content (AvgIpc) is 2.76. The third kappa shape index (κ3) is 2.77. The second-order valence-corrected chi connectivity index (χ2v) is 4.13. The van der Waals surface area contributed by atoms with Crippen molar-refractivity contribution in [3.63, 3.8) is 0 Å². The molecule has 1 aromatic rings. The first kappa shape index (κ1) is 12.3. The molecule has 2 rings (SSSR count). The Balaban J connectivity index is 2.06. The fourth-order valence-corrected chi connectivity index (χ4v) is 1.89. The molecule has 0 aromatic carbocycles. The Labute approximate surface area is 105 Å². The monoisotopic (exact) mass is 248 g/mol. The number of amides is 2. The third-order valence-corrected chi connectivity index (χ3v) is 2.75. The Kier molecular flexibility index (Phi) is 3.76. The molecule has 6 nitrogen and oxygen atoms in total. The smallest absolute Gasteiger partial charge is 0.255 e. The molecule has 0 aliphatic carbocycles. The Hall–Kier alpha value is -2.11. The van der Waals surface area contributed by atoms with E-state index in [0.717, 1.165) is 12.2 Å². The van der Waals surface area contributed by atoms with E-state index in [9.17, 15) is 9.59 Å². The summed E-state index contributed by atoms with van der Waals surface area (Å²) in [7, 11) is 0. The maximum Gasteiger partial charge on any atom is 0.255 e. The highest BCUT2D eigenvalue weighted by Gasteiger charge is 2.24. The van der Waals surface area contributed by atoms with Gasteiger partial charge < -0.3 is 16.0 Å². The van der Waals surface area contributed by atoms with Crippen molar-refractivity contribution in [3.8, 4) is 0 Å². The lowest BCUT2D eigenvalue weighted by molar-refractivity contribution is -0.119. The topological polar surface area (TPSA) is 83.1 Å². The highest BCUT2D eigenvalue weighted by atomic mass is 16.2. The van der Waals surface area contributed by atoms with Gasteiger partial charge >= 0.3 is 0 Å². The van der Waals surface area contributed by atoms with E-state index in [0.29, 0.717) is 18.5 Å². The molecule has 2 heterocycles. The van der Waals surface area contributed by atoms with Crippen LogP contribution in [0.2, 0.25) is 0 Å². The number of nitrogens with one attached hydrogen (secondary N) is 3. The highest BCUT2D eigenvalue weighted by molar-refractivity contribution is 5.99. The summed E-state index contributed by atoms with van der Waals surface area (Å²) in [6, 6.07) is 1.62. The molecule has 1 unspecified atom stereocenters. The van der Waals surface area contributed by atoms with Crippen LogP contribution in [0, 0.1) is 0 Å². The minimum atomic E-state index is -0.208. The zero-order valence-electron chi connectivity index (χ0n) is 10.2. The van der Waals surface area contributed by atoms with Gasteiger partial charge in [-0.05, 0) is 13.0 Å². The summed E-state index contributed by atoms with van der Waals surface area (Å²) < 4.78 is 0. The molecule has 1 aliphatic heterocycles. The summed E-state index contributed by atoms with van der Waals surface area (Å²) in [6.07, 6.45) is 3.50. The maximum absolute atomic E-state index is 12.1. The van der Waals surface area contributed by atoms with Crippen LogP contribution in [0.15, 0.2) is 18.5 Å². The van der Waals surface area contributed by atoms with Crippen molar-refractivity contribution in [1.82, 2.24) is 15.6 Å². The molecule has 96 valence electrons. The predicted molar refractivity (Wildman–Crippen MR) is 67.3 cm³/mol. The van der Waals surface area contributed by atoms with Crippen LogP contribution < -0.4 is 16.0 Å². The third-order valence-electron chi connectivity index (χ3n) is 2.75. The molecule has 18 heavy (non-hydrogen) atoms. The Bertz CT molecular complexity index is 461. The fourth-order valence-electron chi connectivity index (χ4n) is 1.89. The average molecular weight is 248 g/mol. The molecule has 1 atom stereocenters. The SMILES string of the molecule is CCNc1ccncc1C(=O)NC1CNC(=O)C1. The predicted octanol–water partition coefficient (Wildman–Crippen LogP) is 0.132. The van der Waals surface area contributed by atoms with Crippen molar-refractivity contribution in [3.05, 3.63) is 24.0 Å². The van der Waals surface area contributed by atoms with E-state index in [4.69, 9.17) is 0 Å². The van der Waals surface area contributed by atoms with Crippen molar-refractivity contribution in [2.24, 2.45) is 0 Å². The number of nitrogens with zero attached hydrogens (tertiary/aromatic N) is 1. The summed E-state index contributed by atoms with van der Waals surface area (Å²) in [5, 5.41) is 8.61. The van der Waals surface area contributed by atoms with Gasteiger partial charge in [0.2, 0.25) is 5.91 Å². The molecule has 3 N–H and O–H groups in total. The number of anilines is 1. The summed E-state index contributed by atoms with van der Waals surface area (Å²) in [5.74, 6) is -0.237. The first-order valence-electron chi connectivity index (χ1n) is 5.96. The van der Waals surface area contributed by atoms with Crippen molar-refractivity contribution in [2.75, 3.05) is 18.4 Å². The van der Waals surface area contributed by atoms with Crippen LogP contribution in [0.25, 0.3) is 0 Å². The Morgan fingerprint density at radius 3 is 3.11 bits per heavy atom. The molecule has 1 fully saturated rings. The van der Waals surface area contributed by atoms with Gasteiger partial charge in [0.15, 0.2) is 0 Å². The number of hydrogen-bond donors (Lipinski definition) is 3. The maximum atomic E-state index is 12.1. The van der Waals surface area contributed by atoms with Gasteiger partial charge in [-0.2, -0.15) is 0 Å². The number of rotatable bonds is 4. The number of carbonyl (C=O) groups is 2. The van der Waals surface area contributed by atoms with Crippen molar-refractivity contribution in [2.45, 2.75) is 19.4 Å². The van der Waals surface area contributed by atoms with E-state index >= 15 is 0 Å². The molecule has 0 saturated carbocycles. The van der Waals surface area contributed by atoms with Crippen LogP contribution in [0.3, 0.4) is 0 Å². The number of aromatic nitrogens is 1. The molecule has 0 spiro atoms. The minimum absolute atomic E-state index is 0.0293. The molecular formula is C12H16N4O2. The van der Waals surface area contributed by atoms with Crippen LogP contribution in [0.1, 0.15) is 23.7 Å². The van der Waals surface area contributed by atoms with E-state index in [1.165, 1.54) is 6.20 Å². The normalized spacial score (nSPS) is 18.3. The van der Waals surface area contributed by atoms with Crippen LogP contribution in [-0.2, 0) is 4.79 Å². The van der Waals surface area contributed by atoms with E-state index in [1.807, 2.05) is 6.92 Å². The quantitative estimate of drug-likeness (QED) is 0.707. The van der Waals surface area contributed by atoms with Gasteiger partial charge in [0.1, 0.15) is 0 Å². The summed E-state index contributed by atoms with van der Waals surface area (Å²) in [5.41, 5.74) is 1.25. The fraction of sp³-hybridized carbons (Fsp3) is 0.417. The minimum Gasteiger partial charge on any atom is -0.385 e. The number of hydrogen-bond acceptors (Lipinski definition) is 4. The molecule has 1 aromatic heterocycles. The molecule has 2 amide bonds. The highest BCUT2D eigenvalue weighted by Crippen LogP contribution is 2.13. The lowest BCUT2D eigenvalue weighted by Gasteiger charge is -2.13. The van der Waals surface area contributed by atoms with Gasteiger partial charge in [-0.15, -0.1) is 0 Å². The van der Waals surface area contributed by atoms with Gasteiger partial charge in [0.05, 0.1) is 17.3 Å². The van der Waals surface area contributed by atoms with Crippen molar-refractivity contribution < 1.29 is 9.59 Å². The molecular weight excluding hydrogens is 232 g/mol. The van der Waals surface area contributed by atoms with Crippen LogP contribution in [0.5, 0.6) is 0 Å². The lowest BCUT2D eigenvalue weighted by atomic mass is 10.2. The Morgan fingerprint density at radius 2 is 2.44 bits per heavy atom. The standard InChI is InChI=1S/C12H16N4O2/c1-2-14-10-3-4-13-7-9(10)12(18)16-8-5-11(17)15-6-8/h3-4,7-8H,2,5-6H2,1H3,(H,13,14)(H,15,17)(H,16,18). The van der Waals surface area contributed by atoms with E-state index in [-0.39, 0.29) is 17.9 Å².